The number of fused-ring (bicyclic) bond motifs is 1. The molecule has 0 bridgehead atoms. The third kappa shape index (κ3) is 4.23. The molecule has 17 heavy (non-hydrogen) atoms. The summed E-state index contributed by atoms with van der Waals surface area (Å²) in [7, 11) is 0. The van der Waals surface area contributed by atoms with E-state index in [1.165, 1.54) is 71.2 Å². The van der Waals surface area contributed by atoms with Crippen LogP contribution in [0.15, 0.2) is 0 Å². The molecule has 2 aliphatic heterocycles. The van der Waals surface area contributed by atoms with Crippen LogP contribution in [0.1, 0.15) is 44.9 Å². The van der Waals surface area contributed by atoms with Gasteiger partial charge in [-0.3, -0.25) is 4.90 Å². The lowest BCUT2D eigenvalue weighted by molar-refractivity contribution is 0.0486. The van der Waals surface area contributed by atoms with Gasteiger partial charge in [-0.05, 0) is 38.8 Å². The first kappa shape index (κ1) is 13.3. The number of hydrogen-bond acceptors (Lipinski definition) is 3. The first-order valence-electron chi connectivity index (χ1n) is 7.47. The zero-order valence-electron chi connectivity index (χ0n) is 11.1. The molecule has 2 heterocycles. The molecule has 2 rings (SSSR count). The van der Waals surface area contributed by atoms with Crippen LogP contribution in [0.2, 0.25) is 0 Å². The molecule has 0 saturated carbocycles. The minimum absolute atomic E-state index is 0.362. The Kier molecular flexibility index (Phi) is 5.75. The van der Waals surface area contributed by atoms with E-state index in [-0.39, 0.29) is 0 Å². The van der Waals surface area contributed by atoms with Crippen LogP contribution >= 0.6 is 0 Å². The summed E-state index contributed by atoms with van der Waals surface area (Å²) in [5.41, 5.74) is 0. The van der Waals surface area contributed by atoms with Gasteiger partial charge in [0.05, 0.1) is 0 Å². The largest absolute Gasteiger partial charge is 0.396 e. The molecule has 0 aliphatic carbocycles. The molecule has 100 valence electrons. The molecule has 0 aromatic carbocycles. The molecule has 3 heteroatoms. The second-order valence-corrected chi connectivity index (χ2v) is 5.62. The van der Waals surface area contributed by atoms with Crippen molar-refractivity contribution < 1.29 is 5.11 Å². The van der Waals surface area contributed by atoms with E-state index in [0.29, 0.717) is 6.61 Å². The van der Waals surface area contributed by atoms with Crippen molar-refractivity contribution in [2.24, 2.45) is 0 Å². The van der Waals surface area contributed by atoms with Crippen LogP contribution in [-0.4, -0.2) is 60.3 Å². The summed E-state index contributed by atoms with van der Waals surface area (Å²) in [6.07, 6.45) is 9.04. The summed E-state index contributed by atoms with van der Waals surface area (Å²) in [4.78, 5) is 5.36. The lowest BCUT2D eigenvalue weighted by Crippen LogP contribution is -2.54. The van der Waals surface area contributed by atoms with Crippen LogP contribution in [0.4, 0.5) is 0 Å². The molecule has 0 amide bonds. The Bertz CT molecular complexity index is 210. The van der Waals surface area contributed by atoms with Crippen molar-refractivity contribution in [2.45, 2.75) is 51.0 Å². The zero-order chi connectivity index (χ0) is 11.9. The minimum atomic E-state index is 0.362. The van der Waals surface area contributed by atoms with Gasteiger partial charge in [0.25, 0.3) is 0 Å². The zero-order valence-corrected chi connectivity index (χ0v) is 11.1. The van der Waals surface area contributed by atoms with Crippen molar-refractivity contribution in [3.63, 3.8) is 0 Å². The highest BCUT2D eigenvalue weighted by molar-refractivity contribution is 4.84. The van der Waals surface area contributed by atoms with Gasteiger partial charge < -0.3 is 10.0 Å². The Morgan fingerprint density at radius 2 is 1.82 bits per heavy atom. The fourth-order valence-electron chi connectivity index (χ4n) is 3.22. The fraction of sp³-hybridized carbons (Fsp3) is 1.00. The number of aliphatic hydroxyl groups excluding tert-OH is 1. The molecule has 1 unspecified atom stereocenters. The van der Waals surface area contributed by atoms with Crippen LogP contribution in [0.5, 0.6) is 0 Å². The smallest absolute Gasteiger partial charge is 0.0431 e. The molecule has 2 aliphatic rings. The average Bonchev–Trinajstić information content (AvgIpc) is 2.38. The first-order valence-corrected chi connectivity index (χ1v) is 7.47. The quantitative estimate of drug-likeness (QED) is 0.716. The molecule has 0 spiro atoms. The normalized spacial score (nSPS) is 27.0. The topological polar surface area (TPSA) is 26.7 Å². The van der Waals surface area contributed by atoms with Crippen molar-refractivity contribution in [1.29, 1.82) is 0 Å². The van der Waals surface area contributed by atoms with Crippen LogP contribution in [0.3, 0.4) is 0 Å². The van der Waals surface area contributed by atoms with Crippen molar-refractivity contribution in [3.8, 4) is 0 Å². The summed E-state index contributed by atoms with van der Waals surface area (Å²) >= 11 is 0. The maximum Gasteiger partial charge on any atom is 0.0431 e. The van der Waals surface area contributed by atoms with Gasteiger partial charge in [-0.25, -0.2) is 0 Å². The van der Waals surface area contributed by atoms with Crippen LogP contribution in [-0.2, 0) is 0 Å². The lowest BCUT2D eigenvalue weighted by Gasteiger charge is -2.44. The van der Waals surface area contributed by atoms with Gasteiger partial charge in [-0.1, -0.05) is 19.3 Å². The molecule has 0 aromatic heterocycles. The number of rotatable bonds is 6. The molecule has 1 N–H and O–H groups in total. The molecule has 3 nitrogen and oxygen atoms in total. The van der Waals surface area contributed by atoms with Gasteiger partial charge in [-0.2, -0.15) is 0 Å². The molecule has 0 radical (unpaired) electrons. The van der Waals surface area contributed by atoms with Gasteiger partial charge in [-0.15, -0.1) is 0 Å². The summed E-state index contributed by atoms with van der Waals surface area (Å²) in [6.45, 7) is 6.85. The monoisotopic (exact) mass is 240 g/mol. The Labute approximate surface area is 106 Å². The Morgan fingerprint density at radius 1 is 0.941 bits per heavy atom. The van der Waals surface area contributed by atoms with Gasteiger partial charge in [0.2, 0.25) is 0 Å². The van der Waals surface area contributed by atoms with E-state index in [0.717, 1.165) is 12.5 Å². The van der Waals surface area contributed by atoms with E-state index < -0.39 is 0 Å². The Balaban J connectivity index is 1.59. The summed E-state index contributed by atoms with van der Waals surface area (Å²) < 4.78 is 0. The van der Waals surface area contributed by atoms with Crippen LogP contribution in [0.25, 0.3) is 0 Å². The maximum absolute atomic E-state index is 8.73. The second kappa shape index (κ2) is 7.34. The number of unbranched alkanes of at least 4 members (excludes halogenated alkanes) is 3. The number of nitrogens with zero attached hydrogens (tertiary/aromatic N) is 2. The van der Waals surface area contributed by atoms with Gasteiger partial charge >= 0.3 is 0 Å². The first-order chi connectivity index (χ1) is 8.40. The maximum atomic E-state index is 8.73. The number of hydrogen-bond donors (Lipinski definition) is 1. The number of piperazine rings is 1. The van der Waals surface area contributed by atoms with E-state index in [1.807, 2.05) is 0 Å². The lowest BCUT2D eigenvalue weighted by atomic mass is 9.99. The SMILES string of the molecule is OCCCCCCN1CCN2CCCCC2C1. The van der Waals surface area contributed by atoms with E-state index >= 15 is 0 Å². The van der Waals surface area contributed by atoms with Crippen molar-refractivity contribution in [3.05, 3.63) is 0 Å². The fourth-order valence-corrected chi connectivity index (χ4v) is 3.22. The van der Waals surface area contributed by atoms with Gasteiger partial charge in [0, 0.05) is 32.3 Å². The molecule has 2 saturated heterocycles. The van der Waals surface area contributed by atoms with Crippen molar-refractivity contribution in [2.75, 3.05) is 39.3 Å². The molecule has 0 aromatic rings. The van der Waals surface area contributed by atoms with E-state index in [9.17, 15) is 0 Å². The predicted molar refractivity (Wildman–Crippen MR) is 71.2 cm³/mol. The summed E-state index contributed by atoms with van der Waals surface area (Å²) in [5.74, 6) is 0. The summed E-state index contributed by atoms with van der Waals surface area (Å²) in [6, 6.07) is 0.856. The Hall–Kier alpha value is -0.120. The van der Waals surface area contributed by atoms with E-state index in [1.54, 1.807) is 0 Å². The standard InChI is InChI=1S/C14H28N2O/c17-12-6-2-1-4-8-15-10-11-16-9-5-3-7-14(16)13-15/h14,17H,1-13H2. The van der Waals surface area contributed by atoms with Crippen molar-refractivity contribution in [1.82, 2.24) is 9.80 Å². The van der Waals surface area contributed by atoms with Crippen molar-refractivity contribution >= 4 is 0 Å². The highest BCUT2D eigenvalue weighted by Gasteiger charge is 2.28. The van der Waals surface area contributed by atoms with Gasteiger partial charge in [0.15, 0.2) is 0 Å². The third-order valence-electron chi connectivity index (χ3n) is 4.30. The third-order valence-corrected chi connectivity index (χ3v) is 4.30. The molecule has 2 fully saturated rings. The van der Waals surface area contributed by atoms with Gasteiger partial charge in [0.1, 0.15) is 0 Å². The molecule has 1 atom stereocenters. The van der Waals surface area contributed by atoms with E-state index in [2.05, 4.69) is 9.80 Å². The minimum Gasteiger partial charge on any atom is -0.396 e. The number of piperidine rings is 1. The number of aliphatic hydroxyl groups is 1. The Morgan fingerprint density at radius 3 is 2.71 bits per heavy atom. The van der Waals surface area contributed by atoms with Crippen LogP contribution < -0.4 is 0 Å². The van der Waals surface area contributed by atoms with Crippen LogP contribution in [0, 0.1) is 0 Å². The molecular weight excluding hydrogens is 212 g/mol. The van der Waals surface area contributed by atoms with E-state index in [4.69, 9.17) is 5.11 Å². The second-order valence-electron chi connectivity index (χ2n) is 5.62. The summed E-state index contributed by atoms with van der Waals surface area (Å²) in [5, 5.41) is 8.73. The average molecular weight is 240 g/mol. The molecular formula is C14H28N2O. The highest BCUT2D eigenvalue weighted by atomic mass is 16.2. The predicted octanol–water partition coefficient (Wildman–Crippen LogP) is 1.71. The highest BCUT2D eigenvalue weighted by Crippen LogP contribution is 2.21.